The summed E-state index contributed by atoms with van der Waals surface area (Å²) in [6.45, 7) is 1.95. The number of aliphatic carboxylic acids is 1. The first-order chi connectivity index (χ1) is 7.04. The number of rotatable bonds is 4. The summed E-state index contributed by atoms with van der Waals surface area (Å²) in [4.78, 5) is 21.3. The number of ketones is 1. The van der Waals surface area contributed by atoms with Crippen molar-refractivity contribution in [1.82, 2.24) is 0 Å². The van der Waals surface area contributed by atoms with Crippen molar-refractivity contribution in [2.75, 3.05) is 5.73 Å². The van der Waals surface area contributed by atoms with Gasteiger partial charge in [0.15, 0.2) is 0 Å². The Balaban J connectivity index is 2.87. The van der Waals surface area contributed by atoms with Crippen LogP contribution in [0, 0.1) is 0 Å². The zero-order valence-electron chi connectivity index (χ0n) is 8.49. The summed E-state index contributed by atoms with van der Waals surface area (Å²) in [6, 6.07) is 5.15. The lowest BCUT2D eigenvalue weighted by Crippen LogP contribution is -2.15. The standard InChI is InChI=1S/C11H13NO3/c1-2-8-5-7(3-4-9(8)12)6-10(13)11(14)15/h3-5H,2,6,12H2,1H3,(H,14,15). The van der Waals surface area contributed by atoms with E-state index in [2.05, 4.69) is 0 Å². The monoisotopic (exact) mass is 207 g/mol. The van der Waals surface area contributed by atoms with E-state index in [1.165, 1.54) is 0 Å². The maximum absolute atomic E-state index is 11.0. The highest BCUT2D eigenvalue weighted by Gasteiger charge is 2.12. The van der Waals surface area contributed by atoms with Crippen molar-refractivity contribution in [2.45, 2.75) is 19.8 Å². The summed E-state index contributed by atoms with van der Waals surface area (Å²) in [7, 11) is 0. The predicted molar refractivity (Wildman–Crippen MR) is 56.6 cm³/mol. The maximum Gasteiger partial charge on any atom is 0.372 e. The molecule has 4 heteroatoms. The number of anilines is 1. The molecule has 0 spiro atoms. The van der Waals surface area contributed by atoms with Gasteiger partial charge < -0.3 is 10.8 Å². The molecule has 1 aromatic rings. The first-order valence-electron chi connectivity index (χ1n) is 4.68. The second-order valence-corrected chi connectivity index (χ2v) is 3.29. The Morgan fingerprint density at radius 2 is 2.07 bits per heavy atom. The summed E-state index contributed by atoms with van der Waals surface area (Å²) in [6.07, 6.45) is 0.684. The van der Waals surface area contributed by atoms with E-state index in [4.69, 9.17) is 10.8 Å². The zero-order chi connectivity index (χ0) is 11.4. The topological polar surface area (TPSA) is 80.4 Å². The van der Waals surface area contributed by atoms with Crippen LogP contribution in [-0.2, 0) is 22.4 Å². The average Bonchev–Trinajstić information content (AvgIpc) is 2.20. The summed E-state index contributed by atoms with van der Waals surface area (Å²) in [5, 5.41) is 8.45. The van der Waals surface area contributed by atoms with Crippen molar-refractivity contribution < 1.29 is 14.7 Å². The van der Waals surface area contributed by atoms with Crippen LogP contribution < -0.4 is 5.73 Å². The molecule has 0 saturated heterocycles. The molecular weight excluding hydrogens is 194 g/mol. The Morgan fingerprint density at radius 3 is 2.60 bits per heavy atom. The first kappa shape index (κ1) is 11.2. The molecule has 0 aliphatic heterocycles. The zero-order valence-corrected chi connectivity index (χ0v) is 8.49. The highest BCUT2D eigenvalue weighted by Crippen LogP contribution is 2.15. The molecule has 1 aromatic carbocycles. The molecule has 0 bridgehead atoms. The highest BCUT2D eigenvalue weighted by molar-refractivity contribution is 6.33. The fourth-order valence-electron chi connectivity index (χ4n) is 1.34. The maximum atomic E-state index is 11.0. The second-order valence-electron chi connectivity index (χ2n) is 3.29. The summed E-state index contributed by atoms with van der Waals surface area (Å²) in [5.41, 5.74) is 7.98. The number of aryl methyl sites for hydroxylation is 1. The Morgan fingerprint density at radius 1 is 1.40 bits per heavy atom. The number of nitrogens with two attached hydrogens (primary N) is 1. The van der Waals surface area contributed by atoms with Gasteiger partial charge in [-0.05, 0) is 23.6 Å². The Bertz CT molecular complexity index is 399. The van der Waals surface area contributed by atoms with E-state index < -0.39 is 11.8 Å². The van der Waals surface area contributed by atoms with Gasteiger partial charge in [-0.15, -0.1) is 0 Å². The van der Waals surface area contributed by atoms with Crippen molar-refractivity contribution >= 4 is 17.4 Å². The van der Waals surface area contributed by atoms with E-state index in [0.29, 0.717) is 11.3 Å². The Labute approximate surface area is 87.7 Å². The minimum Gasteiger partial charge on any atom is -0.475 e. The SMILES string of the molecule is CCc1cc(CC(=O)C(=O)O)ccc1N. The van der Waals surface area contributed by atoms with E-state index in [1.54, 1.807) is 18.2 Å². The number of nitrogen functional groups attached to an aromatic ring is 1. The number of carbonyl (C=O) groups is 2. The van der Waals surface area contributed by atoms with Gasteiger partial charge in [0, 0.05) is 12.1 Å². The summed E-state index contributed by atoms with van der Waals surface area (Å²) < 4.78 is 0. The molecule has 3 N–H and O–H groups in total. The number of hydrogen-bond acceptors (Lipinski definition) is 3. The number of carboxylic acid groups (broad SMARTS) is 1. The van der Waals surface area contributed by atoms with E-state index in [-0.39, 0.29) is 6.42 Å². The minimum atomic E-state index is -1.40. The van der Waals surface area contributed by atoms with Gasteiger partial charge in [-0.25, -0.2) is 4.79 Å². The van der Waals surface area contributed by atoms with Crippen LogP contribution in [0.4, 0.5) is 5.69 Å². The van der Waals surface area contributed by atoms with E-state index in [9.17, 15) is 9.59 Å². The molecule has 1 rings (SSSR count). The van der Waals surface area contributed by atoms with Gasteiger partial charge in [-0.3, -0.25) is 4.79 Å². The van der Waals surface area contributed by atoms with Gasteiger partial charge >= 0.3 is 5.97 Å². The first-order valence-corrected chi connectivity index (χ1v) is 4.68. The normalized spacial score (nSPS) is 9.93. The molecule has 0 fully saturated rings. The molecular formula is C11H13NO3. The van der Waals surface area contributed by atoms with Gasteiger partial charge in [-0.2, -0.15) is 0 Å². The fraction of sp³-hybridized carbons (Fsp3) is 0.273. The minimum absolute atomic E-state index is 0.0807. The number of benzene rings is 1. The van der Waals surface area contributed by atoms with E-state index in [0.717, 1.165) is 12.0 Å². The predicted octanol–water partition coefficient (Wildman–Crippen LogP) is 1.03. The van der Waals surface area contributed by atoms with Crippen LogP contribution in [0.25, 0.3) is 0 Å². The third-order valence-corrected chi connectivity index (χ3v) is 2.19. The molecule has 0 saturated carbocycles. The van der Waals surface area contributed by atoms with E-state index in [1.807, 2.05) is 6.92 Å². The van der Waals surface area contributed by atoms with Gasteiger partial charge in [0.2, 0.25) is 5.78 Å². The quantitative estimate of drug-likeness (QED) is 0.570. The lowest BCUT2D eigenvalue weighted by molar-refractivity contribution is -0.148. The third kappa shape index (κ3) is 2.80. The van der Waals surface area contributed by atoms with Crippen LogP contribution in [0.5, 0.6) is 0 Å². The number of hydrogen-bond donors (Lipinski definition) is 2. The Hall–Kier alpha value is -1.84. The molecule has 15 heavy (non-hydrogen) atoms. The van der Waals surface area contributed by atoms with Crippen molar-refractivity contribution in [3.63, 3.8) is 0 Å². The van der Waals surface area contributed by atoms with Crippen LogP contribution in [0.1, 0.15) is 18.1 Å². The van der Waals surface area contributed by atoms with Crippen LogP contribution in [0.15, 0.2) is 18.2 Å². The number of carboxylic acids is 1. The van der Waals surface area contributed by atoms with Crippen LogP contribution in [-0.4, -0.2) is 16.9 Å². The largest absolute Gasteiger partial charge is 0.475 e. The van der Waals surface area contributed by atoms with Crippen molar-refractivity contribution in [3.8, 4) is 0 Å². The lowest BCUT2D eigenvalue weighted by Gasteiger charge is -2.05. The molecule has 0 unspecified atom stereocenters. The van der Waals surface area contributed by atoms with Crippen molar-refractivity contribution in [1.29, 1.82) is 0 Å². The highest BCUT2D eigenvalue weighted by atomic mass is 16.4. The van der Waals surface area contributed by atoms with Gasteiger partial charge in [0.05, 0.1) is 0 Å². The van der Waals surface area contributed by atoms with Crippen molar-refractivity contribution in [2.24, 2.45) is 0 Å². The fourth-order valence-corrected chi connectivity index (χ4v) is 1.34. The number of carbonyl (C=O) groups excluding carboxylic acids is 1. The second kappa shape index (κ2) is 4.59. The number of Topliss-reactive ketones (excluding diaryl/α,β-unsaturated/α-hetero) is 1. The van der Waals surface area contributed by atoms with Gasteiger partial charge in [-0.1, -0.05) is 19.1 Å². The van der Waals surface area contributed by atoms with Crippen LogP contribution in [0.3, 0.4) is 0 Å². The average molecular weight is 207 g/mol. The van der Waals surface area contributed by atoms with Gasteiger partial charge in [0.25, 0.3) is 0 Å². The molecule has 0 radical (unpaired) electrons. The molecule has 0 aromatic heterocycles. The lowest BCUT2D eigenvalue weighted by atomic mass is 10.0. The summed E-state index contributed by atoms with van der Waals surface area (Å²) >= 11 is 0. The third-order valence-electron chi connectivity index (χ3n) is 2.19. The van der Waals surface area contributed by atoms with Crippen molar-refractivity contribution in [3.05, 3.63) is 29.3 Å². The van der Waals surface area contributed by atoms with E-state index >= 15 is 0 Å². The molecule has 0 aliphatic carbocycles. The molecule has 0 atom stereocenters. The molecule has 0 heterocycles. The van der Waals surface area contributed by atoms with Crippen LogP contribution >= 0.6 is 0 Å². The van der Waals surface area contributed by atoms with Crippen LogP contribution in [0.2, 0.25) is 0 Å². The molecule has 0 amide bonds. The van der Waals surface area contributed by atoms with Gasteiger partial charge in [0.1, 0.15) is 0 Å². The summed E-state index contributed by atoms with van der Waals surface area (Å²) in [5.74, 6) is -2.20. The molecule has 80 valence electrons. The smallest absolute Gasteiger partial charge is 0.372 e. The molecule has 4 nitrogen and oxygen atoms in total. The Kier molecular flexibility index (Phi) is 3.44. The molecule has 0 aliphatic rings.